The molecule has 5 rings (SSSR count). The second-order valence-electron chi connectivity index (χ2n) is 12.5. The maximum absolute atomic E-state index is 14.1. The number of pyridine rings is 1. The van der Waals surface area contributed by atoms with Crippen LogP contribution >= 0.6 is 0 Å². The van der Waals surface area contributed by atoms with Crippen LogP contribution in [0.4, 0.5) is 5.82 Å². The Kier molecular flexibility index (Phi) is 9.43. The van der Waals surface area contributed by atoms with Crippen LogP contribution in [0.5, 0.6) is 5.75 Å². The summed E-state index contributed by atoms with van der Waals surface area (Å²) in [6.45, 7) is 7.26. The normalized spacial score (nSPS) is 23.0. The van der Waals surface area contributed by atoms with Crippen LogP contribution < -0.4 is 9.64 Å². The summed E-state index contributed by atoms with van der Waals surface area (Å²) in [6, 6.07) is 10.9. The lowest BCUT2D eigenvalue weighted by Gasteiger charge is -2.35. The minimum absolute atomic E-state index is 0.00874. The average molecular weight is 559 g/mol. The third-order valence-corrected chi connectivity index (χ3v) is 9.38. The summed E-state index contributed by atoms with van der Waals surface area (Å²) in [5.74, 6) is 3.17. The quantitative estimate of drug-likeness (QED) is 0.307. The molecule has 41 heavy (non-hydrogen) atoms. The predicted molar refractivity (Wildman–Crippen MR) is 163 cm³/mol. The summed E-state index contributed by atoms with van der Waals surface area (Å²) >= 11 is 0. The van der Waals surface area contributed by atoms with Crippen LogP contribution in [0.15, 0.2) is 48.9 Å². The second kappa shape index (κ2) is 13.2. The van der Waals surface area contributed by atoms with Crippen LogP contribution in [0.2, 0.25) is 0 Å². The largest absolute Gasteiger partial charge is 0.496 e. The number of carbonyl (C=O) groups excluding carboxylic acids is 1. The van der Waals surface area contributed by atoms with Crippen molar-refractivity contribution in [2.45, 2.75) is 84.1 Å². The molecule has 2 aliphatic carbocycles. The van der Waals surface area contributed by atoms with E-state index in [9.17, 15) is 9.90 Å². The van der Waals surface area contributed by atoms with Crippen molar-refractivity contribution in [2.24, 2.45) is 17.8 Å². The van der Waals surface area contributed by atoms with Crippen LogP contribution in [-0.4, -0.2) is 46.0 Å². The van der Waals surface area contributed by atoms with E-state index in [0.29, 0.717) is 24.3 Å². The van der Waals surface area contributed by atoms with Gasteiger partial charge in [0.05, 0.1) is 13.3 Å². The molecule has 220 valence electrons. The van der Waals surface area contributed by atoms with E-state index in [2.05, 4.69) is 56.3 Å². The number of amides is 1. The maximum atomic E-state index is 14.1. The molecule has 2 fully saturated rings. The Bertz CT molecular complexity index is 1300. The fourth-order valence-corrected chi connectivity index (χ4v) is 6.72. The Morgan fingerprint density at radius 2 is 1.76 bits per heavy atom. The van der Waals surface area contributed by atoms with Crippen molar-refractivity contribution < 1.29 is 14.6 Å². The average Bonchev–Trinajstić information content (AvgIpc) is 3.51. The summed E-state index contributed by atoms with van der Waals surface area (Å²) in [4.78, 5) is 20.8. The SMILES string of the molecule is COc1ccc([C@H]2CC[C@H](CN(c3cc(-c4cnn(C(C)C)c4)ccn3)C(=O)[C@H]3CC[C@H](CO)CC3)CC2)cc1C. The van der Waals surface area contributed by atoms with Crippen molar-refractivity contribution in [1.29, 1.82) is 0 Å². The van der Waals surface area contributed by atoms with Gasteiger partial charge in [-0.05, 0) is 125 Å². The van der Waals surface area contributed by atoms with Crippen molar-refractivity contribution in [3.63, 3.8) is 0 Å². The second-order valence-corrected chi connectivity index (χ2v) is 12.5. The number of methoxy groups -OCH3 is 1. The van der Waals surface area contributed by atoms with Crippen molar-refractivity contribution >= 4 is 11.7 Å². The van der Waals surface area contributed by atoms with Crippen LogP contribution in [-0.2, 0) is 4.79 Å². The number of anilines is 1. The molecule has 0 aliphatic heterocycles. The van der Waals surface area contributed by atoms with Gasteiger partial charge in [0.25, 0.3) is 0 Å². The number of aromatic nitrogens is 3. The van der Waals surface area contributed by atoms with Gasteiger partial charge in [-0.1, -0.05) is 12.1 Å². The number of hydrogen-bond donors (Lipinski definition) is 1. The molecule has 2 saturated carbocycles. The molecule has 2 aliphatic rings. The smallest absolute Gasteiger partial charge is 0.231 e. The zero-order valence-electron chi connectivity index (χ0n) is 25.1. The number of nitrogens with zero attached hydrogens (tertiary/aromatic N) is 4. The Hall–Kier alpha value is -3.19. The van der Waals surface area contributed by atoms with E-state index >= 15 is 0 Å². The molecular weight excluding hydrogens is 512 g/mol. The highest BCUT2D eigenvalue weighted by atomic mass is 16.5. The van der Waals surface area contributed by atoms with E-state index in [0.717, 1.165) is 74.1 Å². The van der Waals surface area contributed by atoms with E-state index in [1.54, 1.807) is 7.11 Å². The number of aryl methyl sites for hydroxylation is 1. The fraction of sp³-hybridized carbons (Fsp3) is 0.559. The lowest BCUT2D eigenvalue weighted by Crippen LogP contribution is -2.42. The molecule has 0 radical (unpaired) electrons. The zero-order valence-corrected chi connectivity index (χ0v) is 25.1. The van der Waals surface area contributed by atoms with Gasteiger partial charge >= 0.3 is 0 Å². The summed E-state index contributed by atoms with van der Waals surface area (Å²) in [7, 11) is 1.72. The fourth-order valence-electron chi connectivity index (χ4n) is 6.72. The molecule has 0 unspecified atom stereocenters. The van der Waals surface area contributed by atoms with Gasteiger partial charge in [0, 0.05) is 43.1 Å². The Morgan fingerprint density at radius 3 is 2.39 bits per heavy atom. The van der Waals surface area contributed by atoms with Gasteiger partial charge in [-0.3, -0.25) is 14.4 Å². The summed E-state index contributed by atoms with van der Waals surface area (Å²) in [6.07, 6.45) is 13.7. The highest BCUT2D eigenvalue weighted by Crippen LogP contribution is 2.39. The zero-order chi connectivity index (χ0) is 28.9. The summed E-state index contributed by atoms with van der Waals surface area (Å²) in [5, 5.41) is 14.1. The highest BCUT2D eigenvalue weighted by Gasteiger charge is 2.33. The molecule has 7 heteroatoms. The topological polar surface area (TPSA) is 80.5 Å². The number of hydrogen-bond acceptors (Lipinski definition) is 5. The third kappa shape index (κ3) is 6.83. The Labute approximate surface area is 244 Å². The van der Waals surface area contributed by atoms with E-state index < -0.39 is 0 Å². The van der Waals surface area contributed by atoms with Crippen LogP contribution in [0, 0.1) is 24.7 Å². The molecule has 2 aromatic heterocycles. The number of aliphatic hydroxyl groups excluding tert-OH is 1. The molecule has 1 N–H and O–H groups in total. The lowest BCUT2D eigenvalue weighted by atomic mass is 9.78. The van der Waals surface area contributed by atoms with Gasteiger partial charge in [0.2, 0.25) is 5.91 Å². The van der Waals surface area contributed by atoms with E-state index in [1.807, 2.05) is 28.0 Å². The number of benzene rings is 1. The number of rotatable bonds is 9. The van der Waals surface area contributed by atoms with E-state index in [4.69, 9.17) is 9.72 Å². The molecule has 0 saturated heterocycles. The van der Waals surface area contributed by atoms with Gasteiger partial charge in [0.15, 0.2) is 0 Å². The molecule has 7 nitrogen and oxygen atoms in total. The number of carbonyl (C=O) groups is 1. The monoisotopic (exact) mass is 558 g/mol. The Balaban J connectivity index is 1.33. The van der Waals surface area contributed by atoms with E-state index in [1.165, 1.54) is 11.1 Å². The molecule has 3 aromatic rings. The molecule has 1 aromatic carbocycles. The lowest BCUT2D eigenvalue weighted by molar-refractivity contribution is -0.124. The van der Waals surface area contributed by atoms with Gasteiger partial charge in [-0.15, -0.1) is 0 Å². The van der Waals surface area contributed by atoms with Crippen molar-refractivity contribution in [3.8, 4) is 16.9 Å². The minimum Gasteiger partial charge on any atom is -0.496 e. The first-order valence-corrected chi connectivity index (χ1v) is 15.4. The first kappa shape index (κ1) is 29.3. The van der Waals surface area contributed by atoms with Crippen molar-refractivity contribution in [1.82, 2.24) is 14.8 Å². The molecular formula is C34H46N4O3. The molecule has 2 heterocycles. The van der Waals surface area contributed by atoms with Crippen molar-refractivity contribution in [2.75, 3.05) is 25.2 Å². The molecule has 0 spiro atoms. The molecule has 1 amide bonds. The predicted octanol–water partition coefficient (Wildman–Crippen LogP) is 6.95. The third-order valence-electron chi connectivity index (χ3n) is 9.38. The minimum atomic E-state index is -0.00874. The first-order chi connectivity index (χ1) is 19.9. The van der Waals surface area contributed by atoms with Crippen LogP contribution in [0.1, 0.15) is 88.3 Å². The first-order valence-electron chi connectivity index (χ1n) is 15.4. The van der Waals surface area contributed by atoms with Crippen molar-refractivity contribution in [3.05, 3.63) is 60.0 Å². The number of ether oxygens (including phenoxy) is 1. The summed E-state index contributed by atoms with van der Waals surface area (Å²) in [5.41, 5.74) is 4.65. The van der Waals surface area contributed by atoms with E-state index in [-0.39, 0.29) is 24.5 Å². The standard InChI is InChI=1S/C34H46N4O3/c1-23(2)38-21-31(19-36-38)30-15-16-35-33(18-30)37(34(40)28-11-7-26(22-39)8-12-28)20-25-5-9-27(10-6-25)29-13-14-32(41-4)24(3)17-29/h13-19,21,23,25-28,39H,5-12,20,22H2,1-4H3/t25-,26-,27-,28-. The highest BCUT2D eigenvalue weighted by molar-refractivity contribution is 5.94. The van der Waals surface area contributed by atoms with Gasteiger partial charge < -0.3 is 9.84 Å². The van der Waals surface area contributed by atoms with Crippen LogP contribution in [0.3, 0.4) is 0 Å². The molecule has 0 bridgehead atoms. The van der Waals surface area contributed by atoms with Gasteiger partial charge in [0.1, 0.15) is 11.6 Å². The molecule has 0 atom stereocenters. The Morgan fingerprint density at radius 1 is 1.02 bits per heavy atom. The van der Waals surface area contributed by atoms with Gasteiger partial charge in [-0.2, -0.15) is 5.10 Å². The maximum Gasteiger partial charge on any atom is 0.231 e. The van der Waals surface area contributed by atoms with Gasteiger partial charge in [-0.25, -0.2) is 4.98 Å². The summed E-state index contributed by atoms with van der Waals surface area (Å²) < 4.78 is 7.42. The van der Waals surface area contributed by atoms with Crippen LogP contribution in [0.25, 0.3) is 11.1 Å². The number of aliphatic hydroxyl groups is 1.